The van der Waals surface area contributed by atoms with Crippen LogP contribution in [0.2, 0.25) is 0 Å². The molecule has 0 N–H and O–H groups in total. The van der Waals surface area contributed by atoms with Gasteiger partial charge in [-0.2, -0.15) is 0 Å². The van der Waals surface area contributed by atoms with Gasteiger partial charge < -0.3 is 18.8 Å². The first-order chi connectivity index (χ1) is 10.2. The zero-order valence-corrected chi connectivity index (χ0v) is 12.3. The summed E-state index contributed by atoms with van der Waals surface area (Å²) in [5.41, 5.74) is 2.46. The second kappa shape index (κ2) is 5.16. The van der Waals surface area contributed by atoms with Gasteiger partial charge in [0.05, 0.1) is 39.1 Å². The average molecular weight is 287 g/mol. The first kappa shape index (κ1) is 13.5. The maximum Gasteiger partial charge on any atom is 0.255 e. The van der Waals surface area contributed by atoms with Gasteiger partial charge in [0.25, 0.3) is 5.91 Å². The van der Waals surface area contributed by atoms with E-state index in [9.17, 15) is 4.79 Å². The quantitative estimate of drug-likeness (QED) is 0.867. The van der Waals surface area contributed by atoms with Gasteiger partial charge in [0.2, 0.25) is 0 Å². The van der Waals surface area contributed by atoms with E-state index in [-0.39, 0.29) is 5.91 Å². The molecule has 0 bridgehead atoms. The summed E-state index contributed by atoms with van der Waals surface area (Å²) in [5, 5.41) is 0. The number of hydrogen-bond donors (Lipinski definition) is 0. The summed E-state index contributed by atoms with van der Waals surface area (Å²) >= 11 is 0. The second-order valence-electron chi connectivity index (χ2n) is 5.00. The molecule has 1 amide bonds. The molecule has 5 nitrogen and oxygen atoms in total. The van der Waals surface area contributed by atoms with Gasteiger partial charge in [-0.25, -0.2) is 0 Å². The fourth-order valence-corrected chi connectivity index (χ4v) is 2.77. The molecule has 1 aromatic heterocycles. The lowest BCUT2D eigenvalue weighted by molar-refractivity contribution is 0.0755. The highest BCUT2D eigenvalue weighted by Crippen LogP contribution is 2.39. The molecule has 0 atom stereocenters. The Morgan fingerprint density at radius 2 is 2.14 bits per heavy atom. The van der Waals surface area contributed by atoms with Gasteiger partial charge in [0.1, 0.15) is 17.3 Å². The molecule has 0 fully saturated rings. The molecule has 0 saturated heterocycles. The maximum absolute atomic E-state index is 12.5. The Morgan fingerprint density at radius 1 is 1.33 bits per heavy atom. The Hall–Kier alpha value is -2.43. The number of ether oxygens (including phenoxy) is 2. The van der Waals surface area contributed by atoms with E-state index in [1.54, 1.807) is 31.4 Å². The van der Waals surface area contributed by atoms with E-state index in [4.69, 9.17) is 13.9 Å². The molecule has 1 aliphatic heterocycles. The normalized spacial score (nSPS) is 13.5. The number of carbonyl (C=O) groups is 1. The minimum Gasteiger partial charge on any atom is -0.496 e. The molecule has 0 saturated carbocycles. The van der Waals surface area contributed by atoms with Crippen molar-refractivity contribution in [2.75, 3.05) is 14.2 Å². The highest BCUT2D eigenvalue weighted by Gasteiger charge is 2.32. The maximum atomic E-state index is 12.5. The summed E-state index contributed by atoms with van der Waals surface area (Å²) in [6.45, 7) is 2.89. The fourth-order valence-electron chi connectivity index (χ4n) is 2.77. The van der Waals surface area contributed by atoms with E-state index in [0.717, 1.165) is 22.6 Å². The summed E-state index contributed by atoms with van der Waals surface area (Å²) in [7, 11) is 3.20. The number of carbonyl (C=O) groups excluding carboxylic acids is 1. The zero-order valence-electron chi connectivity index (χ0n) is 12.3. The summed E-state index contributed by atoms with van der Waals surface area (Å²) in [6, 6.07) is 5.47. The third-order valence-electron chi connectivity index (χ3n) is 3.80. The first-order valence-electron chi connectivity index (χ1n) is 6.71. The third kappa shape index (κ3) is 2.14. The van der Waals surface area contributed by atoms with Crippen molar-refractivity contribution in [3.63, 3.8) is 0 Å². The monoisotopic (exact) mass is 287 g/mol. The number of furan rings is 1. The SMILES string of the molecule is COc1cc2c(c(OC)c1C)CN(Cc1ccco1)C2=O. The van der Waals surface area contributed by atoms with Crippen LogP contribution in [0.15, 0.2) is 28.9 Å². The number of nitrogens with zero attached hydrogens (tertiary/aromatic N) is 1. The van der Waals surface area contributed by atoms with E-state index >= 15 is 0 Å². The molecule has 3 rings (SSSR count). The largest absolute Gasteiger partial charge is 0.496 e. The van der Waals surface area contributed by atoms with Crippen molar-refractivity contribution in [1.82, 2.24) is 4.90 Å². The van der Waals surface area contributed by atoms with Crippen LogP contribution in [0.3, 0.4) is 0 Å². The Bertz CT molecular complexity index is 676. The second-order valence-corrected chi connectivity index (χ2v) is 5.00. The molecule has 0 aliphatic carbocycles. The summed E-state index contributed by atoms with van der Waals surface area (Å²) < 4.78 is 16.1. The Morgan fingerprint density at radius 3 is 2.76 bits per heavy atom. The molecular weight excluding hydrogens is 270 g/mol. The molecule has 21 heavy (non-hydrogen) atoms. The van der Waals surface area contributed by atoms with Crippen LogP contribution in [0, 0.1) is 6.92 Å². The molecule has 0 unspecified atom stereocenters. The molecular formula is C16H17NO4. The lowest BCUT2D eigenvalue weighted by Crippen LogP contribution is -2.22. The van der Waals surface area contributed by atoms with Crippen LogP contribution in [0.1, 0.15) is 27.2 Å². The van der Waals surface area contributed by atoms with Crippen LogP contribution in [0.4, 0.5) is 0 Å². The summed E-state index contributed by atoms with van der Waals surface area (Å²) in [6.07, 6.45) is 1.61. The van der Waals surface area contributed by atoms with Gasteiger partial charge in [-0.05, 0) is 25.1 Å². The number of benzene rings is 1. The predicted octanol–water partition coefficient (Wildman–Crippen LogP) is 2.76. The lowest BCUT2D eigenvalue weighted by Gasteiger charge is -2.14. The Labute approximate surface area is 123 Å². The van der Waals surface area contributed by atoms with Gasteiger partial charge in [-0.3, -0.25) is 4.79 Å². The number of fused-ring (bicyclic) bond motifs is 1. The van der Waals surface area contributed by atoms with E-state index in [1.165, 1.54) is 0 Å². The van der Waals surface area contributed by atoms with Crippen molar-refractivity contribution in [3.8, 4) is 11.5 Å². The first-order valence-corrected chi connectivity index (χ1v) is 6.71. The highest BCUT2D eigenvalue weighted by atomic mass is 16.5. The third-order valence-corrected chi connectivity index (χ3v) is 3.80. The standard InChI is InChI=1S/C16H17NO4/c1-10-14(19-2)7-12-13(15(10)20-3)9-17(16(12)18)8-11-5-4-6-21-11/h4-7H,8-9H2,1-3H3. The Kier molecular flexibility index (Phi) is 3.33. The van der Waals surface area contributed by atoms with Crippen LogP contribution in [-0.2, 0) is 13.1 Å². The van der Waals surface area contributed by atoms with Gasteiger partial charge in [0.15, 0.2) is 0 Å². The van der Waals surface area contributed by atoms with Gasteiger partial charge >= 0.3 is 0 Å². The molecule has 110 valence electrons. The van der Waals surface area contributed by atoms with Crippen LogP contribution < -0.4 is 9.47 Å². The van der Waals surface area contributed by atoms with Gasteiger partial charge in [-0.1, -0.05) is 0 Å². The van der Waals surface area contributed by atoms with E-state index in [0.29, 0.717) is 24.4 Å². The lowest BCUT2D eigenvalue weighted by atomic mass is 10.0. The van der Waals surface area contributed by atoms with E-state index in [1.807, 2.05) is 19.1 Å². The summed E-state index contributed by atoms with van der Waals surface area (Å²) in [5.74, 6) is 2.12. The summed E-state index contributed by atoms with van der Waals surface area (Å²) in [4.78, 5) is 14.3. The van der Waals surface area contributed by atoms with Crippen LogP contribution in [-0.4, -0.2) is 25.0 Å². The number of rotatable bonds is 4. The molecule has 0 radical (unpaired) electrons. The molecule has 2 heterocycles. The Balaban J connectivity index is 1.98. The zero-order chi connectivity index (χ0) is 15.0. The van der Waals surface area contributed by atoms with Crippen molar-refractivity contribution < 1.29 is 18.7 Å². The van der Waals surface area contributed by atoms with Crippen molar-refractivity contribution in [1.29, 1.82) is 0 Å². The van der Waals surface area contributed by atoms with E-state index in [2.05, 4.69) is 0 Å². The van der Waals surface area contributed by atoms with Crippen molar-refractivity contribution >= 4 is 5.91 Å². The molecule has 1 aromatic carbocycles. The van der Waals surface area contributed by atoms with Crippen LogP contribution >= 0.6 is 0 Å². The fraction of sp³-hybridized carbons (Fsp3) is 0.312. The van der Waals surface area contributed by atoms with Crippen LogP contribution in [0.5, 0.6) is 11.5 Å². The van der Waals surface area contributed by atoms with Gasteiger partial charge in [0, 0.05) is 11.1 Å². The van der Waals surface area contributed by atoms with Crippen molar-refractivity contribution in [3.05, 3.63) is 46.9 Å². The van der Waals surface area contributed by atoms with Crippen molar-refractivity contribution in [2.24, 2.45) is 0 Å². The van der Waals surface area contributed by atoms with Gasteiger partial charge in [-0.15, -0.1) is 0 Å². The van der Waals surface area contributed by atoms with Crippen molar-refractivity contribution in [2.45, 2.75) is 20.0 Å². The molecule has 1 aliphatic rings. The number of hydrogen-bond acceptors (Lipinski definition) is 4. The molecule has 2 aromatic rings. The molecule has 0 spiro atoms. The minimum atomic E-state index is -0.0296. The highest BCUT2D eigenvalue weighted by molar-refractivity contribution is 6.00. The number of methoxy groups -OCH3 is 2. The topological polar surface area (TPSA) is 51.9 Å². The van der Waals surface area contributed by atoms with E-state index < -0.39 is 0 Å². The molecule has 5 heteroatoms. The van der Waals surface area contributed by atoms with Crippen LogP contribution in [0.25, 0.3) is 0 Å². The smallest absolute Gasteiger partial charge is 0.255 e. The minimum absolute atomic E-state index is 0.0296. The average Bonchev–Trinajstić information content (AvgIpc) is 3.09. The number of amides is 1. The predicted molar refractivity (Wildman–Crippen MR) is 76.6 cm³/mol.